The van der Waals surface area contributed by atoms with E-state index < -0.39 is 30.0 Å². The smallest absolute Gasteiger partial charge is 0.744 e. The predicted octanol–water partition coefficient (Wildman–Crippen LogP) is -1.13. The molecule has 0 bridgehead atoms. The summed E-state index contributed by atoms with van der Waals surface area (Å²) in [6.07, 6.45) is 2.41. The van der Waals surface area contributed by atoms with Crippen molar-refractivity contribution in [1.82, 2.24) is 29.9 Å². The van der Waals surface area contributed by atoms with E-state index in [1.165, 1.54) is 36.4 Å². The van der Waals surface area contributed by atoms with E-state index in [4.69, 9.17) is 10.8 Å². The van der Waals surface area contributed by atoms with Gasteiger partial charge in [-0.25, -0.2) is 28.4 Å². The molecule has 0 amide bonds. The van der Waals surface area contributed by atoms with E-state index >= 15 is 0 Å². The minimum absolute atomic E-state index is 0. The third kappa shape index (κ3) is 10.7. The standard InChI is InChI=1S/C32H28N12O6S2.K/c33-27-39-29(35-21-7-3-1-4-8-21)43-31(41-27)37-23-15-13-19(25(17-23)51(45,46)47)11-12-20-14-16-24(18-26(20)52(48,49)50)38-32-42-28(34)40-30(44-32)36-22-9-5-2-6-10-22;/h1-18H,(H,45,46,47)(H,48,49,50)(H4,33,35,37,39,41,43)(H4,34,36,38,40,42,44);/q;+1/p-1/b12-11+;. The molecule has 0 saturated carbocycles. The summed E-state index contributed by atoms with van der Waals surface area (Å²) < 4.78 is 71.8. The maximum absolute atomic E-state index is 12.4. The van der Waals surface area contributed by atoms with Crippen LogP contribution in [0.5, 0.6) is 0 Å². The van der Waals surface area contributed by atoms with Crippen LogP contribution >= 0.6 is 0 Å². The zero-order chi connectivity index (χ0) is 36.9. The van der Waals surface area contributed by atoms with Crippen LogP contribution in [0, 0.1) is 10.8 Å². The van der Waals surface area contributed by atoms with E-state index in [2.05, 4.69) is 49.9 Å². The van der Waals surface area contributed by atoms with Gasteiger partial charge in [-0.15, -0.1) is 0 Å². The molecule has 6 rings (SSSR count). The number of nitrogens with one attached hydrogen (secondary N) is 8. The van der Waals surface area contributed by atoms with Gasteiger partial charge in [-0.3, -0.25) is 45.3 Å². The molecule has 264 valence electrons. The van der Waals surface area contributed by atoms with E-state index in [-0.39, 0.29) is 108 Å². The first-order chi connectivity index (χ1) is 24.8. The van der Waals surface area contributed by atoms with Crippen LogP contribution in [0.1, 0.15) is 11.1 Å². The maximum atomic E-state index is 12.4. The third-order valence-corrected chi connectivity index (χ3v) is 8.71. The molecule has 0 atom stereocenters. The van der Waals surface area contributed by atoms with Crippen LogP contribution in [0.4, 0.5) is 22.7 Å². The van der Waals surface area contributed by atoms with Crippen molar-refractivity contribution < 1.29 is 77.3 Å². The Morgan fingerprint density at radius 1 is 0.528 bits per heavy atom. The molecule has 0 fully saturated rings. The summed E-state index contributed by atoms with van der Waals surface area (Å²) in [4.78, 5) is 32.4. The normalized spacial score (nSPS) is 13.4. The second kappa shape index (κ2) is 16.7. The molecule has 0 aliphatic rings. The molecule has 21 heteroatoms. The minimum Gasteiger partial charge on any atom is -0.744 e. The quantitative estimate of drug-likeness (QED) is 0.0523. The molecule has 2 heterocycles. The molecule has 53 heavy (non-hydrogen) atoms. The Morgan fingerprint density at radius 2 is 0.887 bits per heavy atom. The van der Waals surface area contributed by atoms with Crippen molar-refractivity contribution in [3.05, 3.63) is 142 Å². The fourth-order valence-electron chi connectivity index (χ4n) is 4.71. The number of rotatable bonds is 8. The fourth-order valence-corrected chi connectivity index (χ4v) is 6.10. The molecule has 0 saturated heterocycles. The van der Waals surface area contributed by atoms with Crippen LogP contribution < -0.4 is 85.1 Å². The first-order valence-electron chi connectivity index (χ1n) is 14.9. The average molecular weight is 779 g/mol. The molecule has 0 aliphatic carbocycles. The molecule has 6 aromatic rings. The summed E-state index contributed by atoms with van der Waals surface area (Å²) in [5.74, 6) is 0. The van der Waals surface area contributed by atoms with Crippen LogP contribution in [0.25, 0.3) is 12.2 Å². The molecular weight excluding hydrogens is 752 g/mol. The number of aromatic amines is 6. The van der Waals surface area contributed by atoms with Crippen molar-refractivity contribution in [1.29, 1.82) is 10.8 Å². The number of para-hydroxylation sites is 2. The molecule has 18 nitrogen and oxygen atoms in total. The fraction of sp³-hybridized carbons (Fsp3) is 0. The van der Waals surface area contributed by atoms with E-state index in [1.54, 1.807) is 48.5 Å². The summed E-state index contributed by atoms with van der Waals surface area (Å²) in [5, 5.41) is 16.0. The summed E-state index contributed by atoms with van der Waals surface area (Å²) in [6, 6.07) is 25.3. The van der Waals surface area contributed by atoms with E-state index in [9.17, 15) is 25.9 Å². The van der Waals surface area contributed by atoms with Crippen molar-refractivity contribution in [2.75, 3.05) is 0 Å². The van der Waals surface area contributed by atoms with Crippen molar-refractivity contribution in [3.8, 4) is 0 Å². The van der Waals surface area contributed by atoms with Crippen LogP contribution in [0.3, 0.4) is 0 Å². The third-order valence-electron chi connectivity index (χ3n) is 6.91. The number of hydrogen-bond donors (Lipinski definition) is 9. The van der Waals surface area contributed by atoms with E-state index in [0.29, 0.717) is 11.4 Å². The van der Waals surface area contributed by atoms with Gasteiger partial charge in [-0.1, -0.05) is 60.7 Å². The van der Waals surface area contributed by atoms with E-state index in [0.717, 1.165) is 12.1 Å². The number of nitrogens with zero attached hydrogens (tertiary/aromatic N) is 4. The van der Waals surface area contributed by atoms with Crippen LogP contribution in [0.2, 0.25) is 0 Å². The SMILES string of the molecule is N=c1[nH]c(=Nc2ccccc2)[nH]c(=Nc2ccc(/C=C/c3ccc(N=c4[nH]c(=N)[nH]c(=Nc5ccccc5)[nH]4)cc3S(=O)(=O)O)c(S(=O)(=O)[O-])c2)[nH]1.[K+]. The second-order valence-electron chi connectivity index (χ2n) is 10.7. The van der Waals surface area contributed by atoms with Gasteiger partial charge in [0.05, 0.1) is 27.6 Å². The van der Waals surface area contributed by atoms with E-state index in [1.807, 2.05) is 12.1 Å². The monoisotopic (exact) mass is 778 g/mol. The minimum atomic E-state index is -5.08. The zero-order valence-electron chi connectivity index (χ0n) is 27.5. The Morgan fingerprint density at radius 3 is 1.26 bits per heavy atom. The Bertz CT molecular complexity index is 2760. The van der Waals surface area contributed by atoms with Gasteiger partial charge in [0.25, 0.3) is 10.1 Å². The Hall–Kier alpha value is -5.10. The van der Waals surface area contributed by atoms with Gasteiger partial charge in [0.15, 0.2) is 0 Å². The van der Waals surface area contributed by atoms with Gasteiger partial charge >= 0.3 is 51.4 Å². The van der Waals surface area contributed by atoms with Crippen molar-refractivity contribution in [2.45, 2.75) is 9.79 Å². The first kappa shape index (κ1) is 39.1. The largest absolute Gasteiger partial charge is 1.00 e. The maximum Gasteiger partial charge on any atom is 1.00 e. The number of H-pyrrole nitrogens is 6. The number of aromatic nitrogens is 6. The molecular formula is C32H27KN12O6S2. The number of hydrogen-bond acceptors (Lipinski definition) is 11. The van der Waals surface area contributed by atoms with Crippen LogP contribution in [0.15, 0.2) is 127 Å². The van der Waals surface area contributed by atoms with Crippen molar-refractivity contribution in [3.63, 3.8) is 0 Å². The topological polar surface area (TPSA) is 303 Å². The number of benzene rings is 4. The first-order valence-corrected chi connectivity index (χ1v) is 17.8. The summed E-state index contributed by atoms with van der Waals surface area (Å²) in [6.45, 7) is 0. The summed E-state index contributed by atoms with van der Waals surface area (Å²) in [7, 11) is -9.91. The van der Waals surface area contributed by atoms with Gasteiger partial charge in [-0.2, -0.15) is 8.42 Å². The second-order valence-corrected chi connectivity index (χ2v) is 13.5. The predicted molar refractivity (Wildman–Crippen MR) is 184 cm³/mol. The van der Waals surface area contributed by atoms with Gasteiger partial charge in [0.1, 0.15) is 15.0 Å². The Labute approximate surface area is 341 Å². The Balaban J connectivity index is 0.00000541. The molecule has 4 aromatic carbocycles. The molecule has 0 unspecified atom stereocenters. The van der Waals surface area contributed by atoms with Gasteiger partial charge < -0.3 is 4.55 Å². The van der Waals surface area contributed by atoms with Crippen molar-refractivity contribution >= 4 is 55.1 Å². The van der Waals surface area contributed by atoms with Crippen LogP contribution in [-0.4, -0.2) is 55.8 Å². The molecule has 2 aromatic heterocycles. The summed E-state index contributed by atoms with van der Waals surface area (Å²) >= 11 is 0. The van der Waals surface area contributed by atoms with Crippen LogP contribution in [-0.2, 0) is 20.2 Å². The van der Waals surface area contributed by atoms with Crippen molar-refractivity contribution in [2.24, 2.45) is 20.0 Å². The molecule has 0 aliphatic heterocycles. The zero-order valence-corrected chi connectivity index (χ0v) is 32.2. The molecule has 0 radical (unpaired) electrons. The summed E-state index contributed by atoms with van der Waals surface area (Å²) in [5.41, 5.74) is 1.18. The van der Waals surface area contributed by atoms with Gasteiger partial charge in [0.2, 0.25) is 33.7 Å². The Kier molecular flexibility index (Phi) is 12.3. The molecule has 0 spiro atoms. The van der Waals surface area contributed by atoms with Gasteiger partial charge in [-0.05, 0) is 59.7 Å². The molecule has 9 N–H and O–H groups in total. The van der Waals surface area contributed by atoms with Gasteiger partial charge in [0, 0.05) is 0 Å². The average Bonchev–Trinajstić information content (AvgIpc) is 3.07.